The highest BCUT2D eigenvalue weighted by Gasteiger charge is 2.15. The van der Waals surface area contributed by atoms with Gasteiger partial charge in [0.1, 0.15) is 0 Å². The molecule has 0 aliphatic heterocycles. The lowest BCUT2D eigenvalue weighted by Gasteiger charge is -2.23. The van der Waals surface area contributed by atoms with Crippen molar-refractivity contribution in [3.8, 4) is 0 Å². The van der Waals surface area contributed by atoms with E-state index in [4.69, 9.17) is 0 Å². The average molecular weight is 326 g/mol. The predicted octanol–water partition coefficient (Wildman–Crippen LogP) is 5.19. The topological polar surface area (TPSA) is 12.0 Å². The van der Waals surface area contributed by atoms with Crippen LogP contribution in [0.4, 0.5) is 0 Å². The van der Waals surface area contributed by atoms with Gasteiger partial charge in [-0.05, 0) is 43.4 Å². The van der Waals surface area contributed by atoms with Gasteiger partial charge in [0.05, 0.1) is 0 Å². The third kappa shape index (κ3) is 6.09. The highest BCUT2D eigenvalue weighted by Crippen LogP contribution is 2.22. The number of benzene rings is 1. The quantitative estimate of drug-likeness (QED) is 0.659. The Morgan fingerprint density at radius 3 is 2.37 bits per heavy atom. The summed E-state index contributed by atoms with van der Waals surface area (Å²) in [5, 5.41) is 3.72. The van der Waals surface area contributed by atoms with Crippen LogP contribution in [0, 0.1) is 5.92 Å². The normalized spacial score (nSPS) is 12.9. The summed E-state index contributed by atoms with van der Waals surface area (Å²) in [6.07, 6.45) is 6.19. The first-order chi connectivity index (χ1) is 9.21. The van der Waals surface area contributed by atoms with Gasteiger partial charge in [0, 0.05) is 10.5 Å². The fraction of sp³-hybridized carbons (Fsp3) is 0.647. The van der Waals surface area contributed by atoms with Crippen LogP contribution < -0.4 is 5.32 Å². The van der Waals surface area contributed by atoms with Crippen molar-refractivity contribution in [3.63, 3.8) is 0 Å². The minimum Gasteiger partial charge on any atom is -0.314 e. The Labute approximate surface area is 127 Å². The SMILES string of the molecule is CCCNC(Cc1ccccc1Br)CC(CC)CC. The standard InChI is InChI=1S/C17H28BrN/c1-4-11-19-16(12-14(5-2)6-3)13-15-9-7-8-10-17(15)18/h7-10,14,16,19H,4-6,11-13H2,1-3H3. The van der Waals surface area contributed by atoms with E-state index in [0.717, 1.165) is 18.9 Å². The zero-order valence-electron chi connectivity index (χ0n) is 12.6. The number of rotatable bonds is 9. The molecule has 0 saturated heterocycles. The summed E-state index contributed by atoms with van der Waals surface area (Å²) in [6, 6.07) is 9.20. The first-order valence-electron chi connectivity index (χ1n) is 7.67. The van der Waals surface area contributed by atoms with Crippen LogP contribution in [0.2, 0.25) is 0 Å². The number of nitrogens with one attached hydrogen (secondary N) is 1. The van der Waals surface area contributed by atoms with Crippen molar-refractivity contribution in [2.75, 3.05) is 6.54 Å². The van der Waals surface area contributed by atoms with E-state index in [1.54, 1.807) is 0 Å². The molecule has 0 saturated carbocycles. The largest absolute Gasteiger partial charge is 0.314 e. The van der Waals surface area contributed by atoms with Crippen molar-refractivity contribution in [1.29, 1.82) is 0 Å². The molecule has 1 nitrogen and oxygen atoms in total. The maximum Gasteiger partial charge on any atom is 0.0207 e. The minimum absolute atomic E-state index is 0.601. The number of hydrogen-bond donors (Lipinski definition) is 1. The Morgan fingerprint density at radius 2 is 1.79 bits per heavy atom. The Morgan fingerprint density at radius 1 is 1.11 bits per heavy atom. The van der Waals surface area contributed by atoms with Crippen LogP contribution >= 0.6 is 15.9 Å². The van der Waals surface area contributed by atoms with Crippen LogP contribution in [0.5, 0.6) is 0 Å². The Balaban J connectivity index is 2.65. The third-order valence-electron chi connectivity index (χ3n) is 3.88. The summed E-state index contributed by atoms with van der Waals surface area (Å²) in [4.78, 5) is 0. The molecule has 1 aromatic carbocycles. The smallest absolute Gasteiger partial charge is 0.0207 e. The molecule has 0 bridgehead atoms. The first kappa shape index (κ1) is 16.7. The molecule has 1 unspecified atom stereocenters. The minimum atomic E-state index is 0.601. The maximum atomic E-state index is 3.72. The van der Waals surface area contributed by atoms with Gasteiger partial charge in [-0.2, -0.15) is 0 Å². The van der Waals surface area contributed by atoms with Gasteiger partial charge < -0.3 is 5.32 Å². The monoisotopic (exact) mass is 325 g/mol. The molecule has 0 aliphatic rings. The molecule has 1 rings (SSSR count). The highest BCUT2D eigenvalue weighted by atomic mass is 79.9. The molecular formula is C17H28BrN. The van der Waals surface area contributed by atoms with Crippen molar-refractivity contribution < 1.29 is 0 Å². The van der Waals surface area contributed by atoms with Crippen molar-refractivity contribution in [1.82, 2.24) is 5.32 Å². The molecule has 1 N–H and O–H groups in total. The molecule has 0 aliphatic carbocycles. The van der Waals surface area contributed by atoms with Crippen LogP contribution in [-0.2, 0) is 6.42 Å². The second-order valence-electron chi connectivity index (χ2n) is 5.36. The van der Waals surface area contributed by atoms with Crippen molar-refractivity contribution >= 4 is 15.9 Å². The molecular weight excluding hydrogens is 298 g/mol. The van der Waals surface area contributed by atoms with Crippen molar-refractivity contribution in [3.05, 3.63) is 34.3 Å². The highest BCUT2D eigenvalue weighted by molar-refractivity contribution is 9.10. The molecule has 19 heavy (non-hydrogen) atoms. The molecule has 0 fully saturated rings. The fourth-order valence-electron chi connectivity index (χ4n) is 2.54. The first-order valence-corrected chi connectivity index (χ1v) is 8.47. The lowest BCUT2D eigenvalue weighted by molar-refractivity contribution is 0.363. The van der Waals surface area contributed by atoms with Gasteiger partial charge in [0.25, 0.3) is 0 Å². The van der Waals surface area contributed by atoms with Gasteiger partial charge in [-0.15, -0.1) is 0 Å². The number of halogens is 1. The zero-order chi connectivity index (χ0) is 14.1. The van der Waals surface area contributed by atoms with Gasteiger partial charge >= 0.3 is 0 Å². The van der Waals surface area contributed by atoms with Gasteiger partial charge in [0.15, 0.2) is 0 Å². The summed E-state index contributed by atoms with van der Waals surface area (Å²) in [7, 11) is 0. The van der Waals surface area contributed by atoms with Gasteiger partial charge in [-0.25, -0.2) is 0 Å². The second kappa shape index (κ2) is 9.55. The fourth-order valence-corrected chi connectivity index (χ4v) is 2.99. The van der Waals surface area contributed by atoms with E-state index in [2.05, 4.69) is 66.3 Å². The van der Waals surface area contributed by atoms with Gasteiger partial charge in [0.2, 0.25) is 0 Å². The second-order valence-corrected chi connectivity index (χ2v) is 6.22. The summed E-state index contributed by atoms with van der Waals surface area (Å²) >= 11 is 3.67. The number of hydrogen-bond acceptors (Lipinski definition) is 1. The molecule has 0 amide bonds. The van der Waals surface area contributed by atoms with Gasteiger partial charge in [-0.1, -0.05) is 67.7 Å². The zero-order valence-corrected chi connectivity index (χ0v) is 14.2. The van der Waals surface area contributed by atoms with E-state index in [9.17, 15) is 0 Å². The van der Waals surface area contributed by atoms with Crippen molar-refractivity contribution in [2.45, 2.75) is 58.9 Å². The summed E-state index contributed by atoms with van der Waals surface area (Å²) in [6.45, 7) is 7.97. The maximum absolute atomic E-state index is 3.72. The summed E-state index contributed by atoms with van der Waals surface area (Å²) < 4.78 is 1.24. The molecule has 0 radical (unpaired) electrons. The molecule has 0 aromatic heterocycles. The van der Waals surface area contributed by atoms with Crippen LogP contribution in [0.25, 0.3) is 0 Å². The van der Waals surface area contributed by atoms with Crippen LogP contribution in [0.3, 0.4) is 0 Å². The Bertz CT molecular complexity index is 347. The molecule has 108 valence electrons. The van der Waals surface area contributed by atoms with E-state index in [1.807, 2.05) is 0 Å². The van der Waals surface area contributed by atoms with E-state index in [0.29, 0.717) is 6.04 Å². The Kier molecular flexibility index (Phi) is 8.40. The molecule has 2 heteroatoms. The third-order valence-corrected chi connectivity index (χ3v) is 4.65. The molecule has 1 aromatic rings. The molecule has 0 spiro atoms. The van der Waals surface area contributed by atoms with E-state index >= 15 is 0 Å². The van der Waals surface area contributed by atoms with Crippen LogP contribution in [0.15, 0.2) is 28.7 Å². The lowest BCUT2D eigenvalue weighted by atomic mass is 9.91. The van der Waals surface area contributed by atoms with Crippen LogP contribution in [0.1, 0.15) is 52.0 Å². The lowest BCUT2D eigenvalue weighted by Crippen LogP contribution is -2.33. The predicted molar refractivity (Wildman–Crippen MR) is 88.6 cm³/mol. The molecule has 0 heterocycles. The molecule has 1 atom stereocenters. The summed E-state index contributed by atoms with van der Waals surface area (Å²) in [5.74, 6) is 0.844. The van der Waals surface area contributed by atoms with Crippen LogP contribution in [-0.4, -0.2) is 12.6 Å². The Hall–Kier alpha value is -0.340. The van der Waals surface area contributed by atoms with E-state index in [1.165, 1.54) is 35.7 Å². The van der Waals surface area contributed by atoms with Crippen molar-refractivity contribution in [2.24, 2.45) is 5.92 Å². The van der Waals surface area contributed by atoms with Gasteiger partial charge in [-0.3, -0.25) is 0 Å². The van der Waals surface area contributed by atoms with E-state index in [-0.39, 0.29) is 0 Å². The average Bonchev–Trinajstić information content (AvgIpc) is 2.44. The summed E-state index contributed by atoms with van der Waals surface area (Å²) in [5.41, 5.74) is 1.42. The van der Waals surface area contributed by atoms with E-state index < -0.39 is 0 Å².